The third-order valence-corrected chi connectivity index (χ3v) is 7.64. The second-order valence-corrected chi connectivity index (χ2v) is 10.6. The first-order valence-electron chi connectivity index (χ1n) is 11.2. The highest BCUT2D eigenvalue weighted by atomic mass is 32.2. The lowest BCUT2D eigenvalue weighted by Gasteiger charge is -2.35. The molecular formula is C24H33N5O4S. The Bertz CT molecular complexity index is 1070. The minimum atomic E-state index is -3.87. The smallest absolute Gasteiger partial charge is 0.243 e. The van der Waals surface area contributed by atoms with Gasteiger partial charge in [-0.05, 0) is 36.9 Å². The summed E-state index contributed by atoms with van der Waals surface area (Å²) in [6.07, 6.45) is 0. The lowest BCUT2D eigenvalue weighted by Crippen LogP contribution is -2.48. The van der Waals surface area contributed by atoms with E-state index in [1.807, 2.05) is 30.3 Å². The number of rotatable bonds is 9. The quantitative estimate of drug-likeness (QED) is 0.554. The summed E-state index contributed by atoms with van der Waals surface area (Å²) >= 11 is 0. The second-order valence-electron chi connectivity index (χ2n) is 8.60. The van der Waals surface area contributed by atoms with Crippen LogP contribution < -0.4 is 10.6 Å². The summed E-state index contributed by atoms with van der Waals surface area (Å²) in [6.45, 7) is 5.50. The van der Waals surface area contributed by atoms with Gasteiger partial charge in [-0.2, -0.15) is 4.31 Å². The molecule has 1 unspecified atom stereocenters. The van der Waals surface area contributed by atoms with Crippen molar-refractivity contribution in [2.24, 2.45) is 0 Å². The number of benzene rings is 2. The molecule has 1 atom stereocenters. The van der Waals surface area contributed by atoms with E-state index >= 15 is 0 Å². The molecule has 3 rings (SSSR count). The fourth-order valence-electron chi connectivity index (χ4n) is 3.83. The molecule has 1 heterocycles. The molecule has 0 saturated carbocycles. The Morgan fingerprint density at radius 3 is 2.21 bits per heavy atom. The van der Waals surface area contributed by atoms with Gasteiger partial charge < -0.3 is 15.5 Å². The van der Waals surface area contributed by atoms with Crippen LogP contribution in [0.3, 0.4) is 0 Å². The molecule has 0 radical (unpaired) electrons. The summed E-state index contributed by atoms with van der Waals surface area (Å²) in [4.78, 5) is 28.7. The average molecular weight is 488 g/mol. The van der Waals surface area contributed by atoms with E-state index in [0.29, 0.717) is 12.2 Å². The Labute approximate surface area is 201 Å². The summed E-state index contributed by atoms with van der Waals surface area (Å²) in [5.74, 6) is -0.613. The number of carbonyl (C=O) groups is 2. The molecular weight excluding hydrogens is 454 g/mol. The number of nitrogens with zero attached hydrogens (tertiary/aromatic N) is 3. The van der Waals surface area contributed by atoms with E-state index in [1.54, 1.807) is 0 Å². The van der Waals surface area contributed by atoms with Crippen molar-refractivity contribution in [2.75, 3.05) is 58.7 Å². The zero-order chi connectivity index (χ0) is 24.7. The van der Waals surface area contributed by atoms with Crippen molar-refractivity contribution in [1.29, 1.82) is 0 Å². The Balaban J connectivity index is 1.66. The van der Waals surface area contributed by atoms with Gasteiger partial charge in [0.15, 0.2) is 0 Å². The first-order chi connectivity index (χ1) is 16.1. The third kappa shape index (κ3) is 7.10. The van der Waals surface area contributed by atoms with E-state index in [-0.39, 0.29) is 29.3 Å². The summed E-state index contributed by atoms with van der Waals surface area (Å²) < 4.78 is 26.9. The van der Waals surface area contributed by atoms with Crippen LogP contribution in [0.25, 0.3) is 0 Å². The van der Waals surface area contributed by atoms with Gasteiger partial charge in [0.05, 0.1) is 17.5 Å². The third-order valence-electron chi connectivity index (χ3n) is 5.82. The SMILES string of the molecule is CC(=O)Nc1ccc(S(=O)(=O)N(C)CC(=O)NC(CN2CCN(C)CC2)c2ccccc2)cc1. The van der Waals surface area contributed by atoms with Crippen molar-refractivity contribution in [3.05, 3.63) is 60.2 Å². The van der Waals surface area contributed by atoms with Crippen LogP contribution in [-0.2, 0) is 19.6 Å². The maximum atomic E-state index is 13.0. The minimum Gasteiger partial charge on any atom is -0.347 e. The largest absolute Gasteiger partial charge is 0.347 e. The Kier molecular flexibility index (Phi) is 8.78. The van der Waals surface area contributed by atoms with Crippen molar-refractivity contribution in [2.45, 2.75) is 17.9 Å². The summed E-state index contributed by atoms with van der Waals surface area (Å²) in [6, 6.07) is 15.3. The van der Waals surface area contributed by atoms with Gasteiger partial charge in [-0.25, -0.2) is 8.42 Å². The van der Waals surface area contributed by atoms with Crippen molar-refractivity contribution < 1.29 is 18.0 Å². The summed E-state index contributed by atoms with van der Waals surface area (Å²) in [7, 11) is -0.391. The molecule has 0 bridgehead atoms. The van der Waals surface area contributed by atoms with Crippen LogP contribution in [0.4, 0.5) is 5.69 Å². The molecule has 9 nitrogen and oxygen atoms in total. The maximum absolute atomic E-state index is 13.0. The number of sulfonamides is 1. The fraction of sp³-hybridized carbons (Fsp3) is 0.417. The molecule has 2 amide bonds. The van der Waals surface area contributed by atoms with Gasteiger partial charge in [0.2, 0.25) is 21.8 Å². The van der Waals surface area contributed by atoms with Gasteiger partial charge in [-0.15, -0.1) is 0 Å². The molecule has 1 saturated heterocycles. The molecule has 0 aliphatic carbocycles. The monoisotopic (exact) mass is 487 g/mol. The van der Waals surface area contributed by atoms with Gasteiger partial charge >= 0.3 is 0 Å². The standard InChI is InChI=1S/C24H33N5O4S/c1-19(30)25-21-9-11-22(12-10-21)34(32,33)28(3)18-24(31)26-23(20-7-5-4-6-8-20)17-29-15-13-27(2)14-16-29/h4-12,23H,13-18H2,1-3H3,(H,25,30)(H,26,31). The molecule has 1 aliphatic heterocycles. The van der Waals surface area contributed by atoms with Crippen molar-refractivity contribution in [3.8, 4) is 0 Å². The second kappa shape index (κ2) is 11.6. The Morgan fingerprint density at radius 2 is 1.62 bits per heavy atom. The van der Waals surface area contributed by atoms with Crippen LogP contribution in [-0.4, -0.2) is 87.7 Å². The molecule has 1 aliphatic rings. The zero-order valence-corrected chi connectivity index (χ0v) is 20.7. The number of piperazine rings is 1. The molecule has 1 fully saturated rings. The molecule has 2 aromatic rings. The number of anilines is 1. The molecule has 34 heavy (non-hydrogen) atoms. The number of amides is 2. The molecule has 10 heteroatoms. The van der Waals surface area contributed by atoms with Crippen LogP contribution in [0.1, 0.15) is 18.5 Å². The highest BCUT2D eigenvalue weighted by Gasteiger charge is 2.26. The first kappa shape index (κ1) is 25.8. The predicted octanol–water partition coefficient (Wildman–Crippen LogP) is 1.37. The van der Waals surface area contributed by atoms with Crippen molar-refractivity contribution in [1.82, 2.24) is 19.4 Å². The molecule has 0 aromatic heterocycles. The number of nitrogens with one attached hydrogen (secondary N) is 2. The van der Waals surface area contributed by atoms with E-state index in [1.165, 1.54) is 38.2 Å². The van der Waals surface area contributed by atoms with E-state index in [4.69, 9.17) is 0 Å². The number of carbonyl (C=O) groups excluding carboxylic acids is 2. The van der Waals surface area contributed by atoms with E-state index in [2.05, 4.69) is 27.5 Å². The van der Waals surface area contributed by atoms with Crippen molar-refractivity contribution >= 4 is 27.5 Å². The predicted molar refractivity (Wildman–Crippen MR) is 132 cm³/mol. The molecule has 2 aromatic carbocycles. The highest BCUT2D eigenvalue weighted by molar-refractivity contribution is 7.89. The van der Waals surface area contributed by atoms with E-state index < -0.39 is 10.0 Å². The molecule has 184 valence electrons. The topological polar surface area (TPSA) is 102 Å². The average Bonchev–Trinajstić information content (AvgIpc) is 2.80. The summed E-state index contributed by atoms with van der Waals surface area (Å²) in [5, 5.41) is 5.63. The van der Waals surface area contributed by atoms with Crippen LogP contribution in [0.5, 0.6) is 0 Å². The van der Waals surface area contributed by atoms with Gasteiger partial charge in [0.25, 0.3) is 0 Å². The highest BCUT2D eigenvalue weighted by Crippen LogP contribution is 2.19. The van der Waals surface area contributed by atoms with Gasteiger partial charge in [-0.3, -0.25) is 14.5 Å². The Hall–Kier alpha value is -2.79. The van der Waals surface area contributed by atoms with Crippen LogP contribution in [0.2, 0.25) is 0 Å². The van der Waals surface area contributed by atoms with Crippen molar-refractivity contribution in [3.63, 3.8) is 0 Å². The van der Waals surface area contributed by atoms with Crippen LogP contribution in [0.15, 0.2) is 59.5 Å². The fourth-order valence-corrected chi connectivity index (χ4v) is 4.96. The lowest BCUT2D eigenvalue weighted by atomic mass is 10.1. The minimum absolute atomic E-state index is 0.0500. The lowest BCUT2D eigenvalue weighted by molar-refractivity contribution is -0.122. The maximum Gasteiger partial charge on any atom is 0.243 e. The van der Waals surface area contributed by atoms with E-state index in [0.717, 1.165) is 36.0 Å². The van der Waals surface area contributed by atoms with Crippen LogP contribution in [0, 0.1) is 0 Å². The number of hydrogen-bond acceptors (Lipinski definition) is 6. The Morgan fingerprint density at radius 1 is 1.00 bits per heavy atom. The zero-order valence-electron chi connectivity index (χ0n) is 19.9. The van der Waals surface area contributed by atoms with E-state index in [9.17, 15) is 18.0 Å². The summed E-state index contributed by atoms with van der Waals surface area (Å²) in [5.41, 5.74) is 1.48. The number of likely N-dealkylation sites (N-methyl/N-ethyl adjacent to an activating group) is 2. The first-order valence-corrected chi connectivity index (χ1v) is 12.7. The number of hydrogen-bond donors (Lipinski definition) is 2. The van der Waals surface area contributed by atoms with Gasteiger partial charge in [0, 0.05) is 52.4 Å². The van der Waals surface area contributed by atoms with Gasteiger partial charge in [0.1, 0.15) is 0 Å². The van der Waals surface area contributed by atoms with Crippen LogP contribution >= 0.6 is 0 Å². The van der Waals surface area contributed by atoms with Gasteiger partial charge in [-0.1, -0.05) is 30.3 Å². The molecule has 0 spiro atoms. The molecule has 2 N–H and O–H groups in total. The normalized spacial score (nSPS) is 16.2.